The molecule has 3 aromatic carbocycles. The fraction of sp³-hybridized carbons (Fsp3) is 0.0435. The predicted molar refractivity (Wildman–Crippen MR) is 108 cm³/mol. The number of anilines is 1. The summed E-state index contributed by atoms with van der Waals surface area (Å²) < 4.78 is 16.1. The highest BCUT2D eigenvalue weighted by atomic mass is 19.1. The maximum absolute atomic E-state index is 14.4. The van der Waals surface area contributed by atoms with E-state index in [-0.39, 0.29) is 11.9 Å². The second-order valence-corrected chi connectivity index (χ2v) is 6.64. The fourth-order valence-electron chi connectivity index (χ4n) is 3.51. The molecule has 1 aliphatic heterocycles. The molecule has 2 heterocycles. The lowest BCUT2D eigenvalue weighted by Gasteiger charge is -2.24. The van der Waals surface area contributed by atoms with Crippen LogP contribution in [-0.2, 0) is 0 Å². The maximum Gasteiger partial charge on any atom is 0.226 e. The number of nitrogens with one attached hydrogen (secondary N) is 1. The highest BCUT2D eigenvalue weighted by Gasteiger charge is 2.25. The van der Waals surface area contributed by atoms with Crippen LogP contribution in [0.25, 0.3) is 16.8 Å². The molecular formula is C23H17FN4. The van der Waals surface area contributed by atoms with Gasteiger partial charge in [0, 0.05) is 11.3 Å². The number of hydrogen-bond acceptors (Lipinski definition) is 3. The summed E-state index contributed by atoms with van der Waals surface area (Å²) in [5.74, 6) is 0.337. The number of nitrogens with zero attached hydrogens (tertiary/aromatic N) is 3. The van der Waals surface area contributed by atoms with Crippen molar-refractivity contribution in [2.75, 3.05) is 5.32 Å². The minimum Gasteiger partial charge on any atom is -0.324 e. The molecule has 1 N–H and O–H groups in total. The lowest BCUT2D eigenvalue weighted by Crippen LogP contribution is -2.21. The third kappa shape index (κ3) is 2.87. The zero-order chi connectivity index (χ0) is 18.9. The standard InChI is InChI=1S/C23H17FN4/c24-20-9-5-4-8-19(20)22-14-21(27-23-25-15-26-28(22)23)18-12-10-17(11-13-18)16-6-2-1-3-7-16/h1-15,22H,(H,25,26,27). The Morgan fingerprint density at radius 2 is 1.46 bits per heavy atom. The van der Waals surface area contributed by atoms with Crippen LogP contribution in [0.1, 0.15) is 17.2 Å². The van der Waals surface area contributed by atoms with Gasteiger partial charge >= 0.3 is 0 Å². The number of allylic oxidation sites excluding steroid dienone is 1. The molecule has 4 nitrogen and oxygen atoms in total. The van der Waals surface area contributed by atoms with Crippen LogP contribution in [-0.4, -0.2) is 14.8 Å². The van der Waals surface area contributed by atoms with Crippen molar-refractivity contribution in [1.82, 2.24) is 14.8 Å². The Hall–Kier alpha value is -3.73. The Morgan fingerprint density at radius 1 is 0.786 bits per heavy atom. The van der Waals surface area contributed by atoms with Crippen molar-refractivity contribution in [1.29, 1.82) is 0 Å². The minimum atomic E-state index is -0.358. The number of aromatic nitrogens is 3. The molecule has 1 aliphatic rings. The van der Waals surface area contributed by atoms with Gasteiger partial charge in [0.15, 0.2) is 0 Å². The third-order valence-corrected chi connectivity index (χ3v) is 4.93. The second-order valence-electron chi connectivity index (χ2n) is 6.64. The van der Waals surface area contributed by atoms with E-state index in [0.717, 1.165) is 16.8 Å². The van der Waals surface area contributed by atoms with E-state index in [2.05, 4.69) is 51.8 Å². The summed E-state index contributed by atoms with van der Waals surface area (Å²) in [5.41, 5.74) is 4.77. The SMILES string of the molecule is Fc1ccccc1C1C=C(c2ccc(-c3ccccc3)cc2)Nc2ncnn21. The molecule has 0 saturated carbocycles. The molecule has 0 amide bonds. The van der Waals surface area contributed by atoms with Gasteiger partial charge in [-0.25, -0.2) is 9.07 Å². The summed E-state index contributed by atoms with van der Waals surface area (Å²) in [4.78, 5) is 4.28. The molecular weight excluding hydrogens is 351 g/mol. The first-order chi connectivity index (χ1) is 13.8. The normalized spacial score (nSPS) is 15.5. The van der Waals surface area contributed by atoms with Crippen LogP contribution in [0.15, 0.2) is 91.3 Å². The minimum absolute atomic E-state index is 0.258. The first-order valence-corrected chi connectivity index (χ1v) is 9.08. The summed E-state index contributed by atoms with van der Waals surface area (Å²) >= 11 is 0. The van der Waals surface area contributed by atoms with Gasteiger partial charge in [-0.3, -0.25) is 0 Å². The molecule has 5 rings (SSSR count). The van der Waals surface area contributed by atoms with Gasteiger partial charge in [-0.1, -0.05) is 72.8 Å². The molecule has 0 fully saturated rings. The zero-order valence-electron chi connectivity index (χ0n) is 15.0. The van der Waals surface area contributed by atoms with Gasteiger partial charge in [-0.2, -0.15) is 10.1 Å². The molecule has 0 saturated heterocycles. The van der Waals surface area contributed by atoms with Crippen LogP contribution in [0.5, 0.6) is 0 Å². The summed E-state index contributed by atoms with van der Waals surface area (Å²) in [6.07, 6.45) is 3.46. The smallest absolute Gasteiger partial charge is 0.226 e. The third-order valence-electron chi connectivity index (χ3n) is 4.93. The Kier molecular flexibility index (Phi) is 3.98. The van der Waals surface area contributed by atoms with Crippen LogP contribution >= 0.6 is 0 Å². The molecule has 4 aromatic rings. The van der Waals surface area contributed by atoms with Crippen LogP contribution in [0.3, 0.4) is 0 Å². The van der Waals surface area contributed by atoms with Crippen molar-refractivity contribution in [3.8, 4) is 11.1 Å². The van der Waals surface area contributed by atoms with E-state index in [9.17, 15) is 4.39 Å². The molecule has 0 radical (unpaired) electrons. The summed E-state index contributed by atoms with van der Waals surface area (Å²) in [6.45, 7) is 0. The maximum atomic E-state index is 14.4. The Balaban J connectivity index is 1.54. The predicted octanol–water partition coefficient (Wildman–Crippen LogP) is 5.14. The van der Waals surface area contributed by atoms with Gasteiger partial charge in [0.1, 0.15) is 18.2 Å². The van der Waals surface area contributed by atoms with Crippen LogP contribution in [0, 0.1) is 5.82 Å². The summed E-state index contributed by atoms with van der Waals surface area (Å²) in [6, 6.07) is 25.0. The number of benzene rings is 3. The number of fused-ring (bicyclic) bond motifs is 1. The van der Waals surface area contributed by atoms with Crippen LogP contribution in [0.2, 0.25) is 0 Å². The van der Waals surface area contributed by atoms with Crippen molar-refractivity contribution < 1.29 is 4.39 Å². The van der Waals surface area contributed by atoms with Crippen molar-refractivity contribution in [3.63, 3.8) is 0 Å². The van der Waals surface area contributed by atoms with Crippen molar-refractivity contribution in [3.05, 3.63) is 108 Å². The molecule has 1 aromatic heterocycles. The molecule has 1 unspecified atom stereocenters. The van der Waals surface area contributed by atoms with Crippen molar-refractivity contribution >= 4 is 11.6 Å². The molecule has 1 atom stereocenters. The number of halogens is 1. The van der Waals surface area contributed by atoms with E-state index in [1.54, 1.807) is 16.8 Å². The number of hydrogen-bond donors (Lipinski definition) is 1. The van der Waals surface area contributed by atoms with Gasteiger partial charge in [0.2, 0.25) is 5.95 Å². The Bertz CT molecular complexity index is 1150. The largest absolute Gasteiger partial charge is 0.324 e. The Morgan fingerprint density at radius 3 is 2.25 bits per heavy atom. The Labute approximate surface area is 162 Å². The van der Waals surface area contributed by atoms with Gasteiger partial charge in [-0.15, -0.1) is 0 Å². The fourth-order valence-corrected chi connectivity index (χ4v) is 3.51. The van der Waals surface area contributed by atoms with E-state index in [1.165, 1.54) is 18.0 Å². The van der Waals surface area contributed by atoms with E-state index in [4.69, 9.17) is 0 Å². The van der Waals surface area contributed by atoms with E-state index >= 15 is 0 Å². The topological polar surface area (TPSA) is 42.7 Å². The van der Waals surface area contributed by atoms with Gasteiger partial charge in [-0.05, 0) is 28.8 Å². The zero-order valence-corrected chi connectivity index (χ0v) is 15.0. The summed E-state index contributed by atoms with van der Waals surface area (Å²) in [5, 5.41) is 7.57. The first-order valence-electron chi connectivity index (χ1n) is 9.08. The lowest BCUT2D eigenvalue weighted by molar-refractivity contribution is 0.551. The van der Waals surface area contributed by atoms with Gasteiger partial charge < -0.3 is 5.32 Å². The van der Waals surface area contributed by atoms with Crippen molar-refractivity contribution in [2.45, 2.75) is 6.04 Å². The van der Waals surface area contributed by atoms with Gasteiger partial charge in [0.05, 0.1) is 0 Å². The molecule has 0 aliphatic carbocycles. The second kappa shape index (κ2) is 6.78. The molecule has 0 bridgehead atoms. The average Bonchev–Trinajstić information content (AvgIpc) is 3.23. The molecule has 0 spiro atoms. The van der Waals surface area contributed by atoms with E-state index in [0.29, 0.717) is 11.5 Å². The highest BCUT2D eigenvalue weighted by molar-refractivity contribution is 5.78. The quantitative estimate of drug-likeness (QED) is 0.544. The number of rotatable bonds is 3. The van der Waals surface area contributed by atoms with Gasteiger partial charge in [0.25, 0.3) is 0 Å². The molecule has 28 heavy (non-hydrogen) atoms. The van der Waals surface area contributed by atoms with Crippen LogP contribution < -0.4 is 5.32 Å². The van der Waals surface area contributed by atoms with Crippen molar-refractivity contribution in [2.24, 2.45) is 0 Å². The lowest BCUT2D eigenvalue weighted by atomic mass is 9.99. The van der Waals surface area contributed by atoms with E-state index < -0.39 is 0 Å². The first kappa shape index (κ1) is 16.4. The molecule has 5 heteroatoms. The summed E-state index contributed by atoms with van der Waals surface area (Å²) in [7, 11) is 0. The molecule has 136 valence electrons. The monoisotopic (exact) mass is 368 g/mol. The van der Waals surface area contributed by atoms with E-state index in [1.807, 2.05) is 30.3 Å². The average molecular weight is 368 g/mol. The van der Waals surface area contributed by atoms with Crippen LogP contribution in [0.4, 0.5) is 10.3 Å². The highest BCUT2D eigenvalue weighted by Crippen LogP contribution is 2.33.